The second kappa shape index (κ2) is 3.32. The zero-order valence-electron chi connectivity index (χ0n) is 7.64. The number of hydrogen-bond donors (Lipinski definition) is 1. The van der Waals surface area contributed by atoms with E-state index >= 15 is 0 Å². The summed E-state index contributed by atoms with van der Waals surface area (Å²) in [6.07, 6.45) is 3.79. The van der Waals surface area contributed by atoms with Crippen LogP contribution in [0.15, 0.2) is 0 Å². The van der Waals surface area contributed by atoms with Gasteiger partial charge in [-0.25, -0.2) is 0 Å². The Hall–Kier alpha value is -0.120. The van der Waals surface area contributed by atoms with E-state index < -0.39 is 0 Å². The summed E-state index contributed by atoms with van der Waals surface area (Å²) >= 11 is 0. The number of rotatable bonds is 3. The van der Waals surface area contributed by atoms with Gasteiger partial charge in [0.1, 0.15) is 0 Å². The molecule has 2 saturated heterocycles. The molecule has 0 aromatic rings. The Morgan fingerprint density at radius 2 is 2.33 bits per heavy atom. The van der Waals surface area contributed by atoms with Crippen LogP contribution in [0.2, 0.25) is 0 Å². The highest BCUT2D eigenvalue weighted by atomic mass is 16.6. The first-order valence-corrected chi connectivity index (χ1v) is 4.84. The maximum Gasteiger partial charge on any atom is 0.166 e. The molecule has 70 valence electrons. The Bertz CT molecular complexity index is 155. The Kier molecular flexibility index (Phi) is 2.35. The standard InChI is InChI=1S/C9H17NO2/c1-2-3-4-8-5-12-9(10-8)6-11-7-9/h8,10H,2-7H2,1H3. The van der Waals surface area contributed by atoms with E-state index in [2.05, 4.69) is 12.2 Å². The lowest BCUT2D eigenvalue weighted by Gasteiger charge is -2.37. The summed E-state index contributed by atoms with van der Waals surface area (Å²) in [5.41, 5.74) is -0.0849. The van der Waals surface area contributed by atoms with E-state index in [1.54, 1.807) is 0 Å². The molecular formula is C9H17NO2. The minimum Gasteiger partial charge on any atom is -0.372 e. The predicted octanol–water partition coefficient (Wildman–Crippen LogP) is 0.891. The molecule has 2 fully saturated rings. The average Bonchev–Trinajstić information content (AvgIpc) is 2.44. The van der Waals surface area contributed by atoms with Crippen LogP contribution in [-0.2, 0) is 9.47 Å². The first kappa shape index (κ1) is 8.48. The van der Waals surface area contributed by atoms with E-state index in [0.717, 1.165) is 19.8 Å². The van der Waals surface area contributed by atoms with Gasteiger partial charge in [-0.3, -0.25) is 5.32 Å². The molecule has 1 atom stereocenters. The summed E-state index contributed by atoms with van der Waals surface area (Å²) in [6.45, 7) is 4.55. The van der Waals surface area contributed by atoms with Crippen molar-refractivity contribution in [3.05, 3.63) is 0 Å². The van der Waals surface area contributed by atoms with Gasteiger partial charge in [0.25, 0.3) is 0 Å². The second-order valence-electron chi connectivity index (χ2n) is 3.78. The fourth-order valence-corrected chi connectivity index (χ4v) is 1.78. The molecule has 0 aromatic carbocycles. The topological polar surface area (TPSA) is 30.5 Å². The van der Waals surface area contributed by atoms with Gasteiger partial charge in [0.2, 0.25) is 0 Å². The monoisotopic (exact) mass is 171 g/mol. The summed E-state index contributed by atoms with van der Waals surface area (Å²) < 4.78 is 10.8. The minimum atomic E-state index is -0.0849. The Morgan fingerprint density at radius 1 is 1.50 bits per heavy atom. The van der Waals surface area contributed by atoms with Crippen molar-refractivity contribution in [3.8, 4) is 0 Å². The molecule has 1 spiro atoms. The van der Waals surface area contributed by atoms with Crippen LogP contribution >= 0.6 is 0 Å². The van der Waals surface area contributed by atoms with Gasteiger partial charge in [-0.05, 0) is 6.42 Å². The largest absolute Gasteiger partial charge is 0.372 e. The third kappa shape index (κ3) is 1.49. The first-order chi connectivity index (χ1) is 5.85. The molecule has 0 saturated carbocycles. The summed E-state index contributed by atoms with van der Waals surface area (Å²) in [7, 11) is 0. The predicted molar refractivity (Wildman–Crippen MR) is 46.0 cm³/mol. The van der Waals surface area contributed by atoms with Crippen LogP contribution in [0.4, 0.5) is 0 Å². The molecule has 12 heavy (non-hydrogen) atoms. The maximum absolute atomic E-state index is 5.65. The lowest BCUT2D eigenvalue weighted by Crippen LogP contribution is -2.59. The highest BCUT2D eigenvalue weighted by Gasteiger charge is 2.45. The van der Waals surface area contributed by atoms with E-state index in [4.69, 9.17) is 9.47 Å². The van der Waals surface area contributed by atoms with Crippen molar-refractivity contribution >= 4 is 0 Å². The fraction of sp³-hybridized carbons (Fsp3) is 1.00. The molecule has 0 aromatic heterocycles. The van der Waals surface area contributed by atoms with Crippen LogP contribution in [0.3, 0.4) is 0 Å². The van der Waals surface area contributed by atoms with Crippen molar-refractivity contribution in [2.45, 2.75) is 38.0 Å². The third-order valence-corrected chi connectivity index (χ3v) is 2.60. The molecule has 2 aliphatic heterocycles. The van der Waals surface area contributed by atoms with E-state index in [1.807, 2.05) is 0 Å². The van der Waals surface area contributed by atoms with Crippen LogP contribution in [0.1, 0.15) is 26.2 Å². The fourth-order valence-electron chi connectivity index (χ4n) is 1.78. The number of hydrogen-bond acceptors (Lipinski definition) is 3. The van der Waals surface area contributed by atoms with Crippen molar-refractivity contribution in [1.82, 2.24) is 5.32 Å². The van der Waals surface area contributed by atoms with Crippen LogP contribution in [0, 0.1) is 0 Å². The summed E-state index contributed by atoms with van der Waals surface area (Å²) in [5, 5.41) is 3.49. The van der Waals surface area contributed by atoms with E-state index in [9.17, 15) is 0 Å². The zero-order valence-corrected chi connectivity index (χ0v) is 7.64. The molecule has 1 unspecified atom stereocenters. The van der Waals surface area contributed by atoms with E-state index in [1.165, 1.54) is 19.3 Å². The molecule has 3 nitrogen and oxygen atoms in total. The molecule has 0 amide bonds. The SMILES string of the molecule is CCCCC1COC2(COC2)N1. The summed E-state index contributed by atoms with van der Waals surface area (Å²) in [5.74, 6) is 0. The molecule has 2 rings (SSSR count). The Morgan fingerprint density at radius 3 is 2.83 bits per heavy atom. The molecule has 2 aliphatic rings. The van der Waals surface area contributed by atoms with Gasteiger partial charge < -0.3 is 9.47 Å². The van der Waals surface area contributed by atoms with Gasteiger partial charge in [0, 0.05) is 6.04 Å². The lowest BCUT2D eigenvalue weighted by atomic mass is 10.1. The van der Waals surface area contributed by atoms with Crippen molar-refractivity contribution in [2.75, 3.05) is 19.8 Å². The zero-order chi connectivity index (χ0) is 8.44. The summed E-state index contributed by atoms with van der Waals surface area (Å²) in [6, 6.07) is 0.564. The quantitative estimate of drug-likeness (QED) is 0.684. The highest BCUT2D eigenvalue weighted by Crippen LogP contribution is 2.25. The smallest absolute Gasteiger partial charge is 0.166 e. The molecule has 0 aliphatic carbocycles. The van der Waals surface area contributed by atoms with Crippen LogP contribution < -0.4 is 5.32 Å². The van der Waals surface area contributed by atoms with Gasteiger partial charge in [0.15, 0.2) is 5.72 Å². The molecule has 1 N–H and O–H groups in total. The van der Waals surface area contributed by atoms with Crippen molar-refractivity contribution < 1.29 is 9.47 Å². The number of unbranched alkanes of at least 4 members (excludes halogenated alkanes) is 1. The molecule has 0 bridgehead atoms. The highest BCUT2D eigenvalue weighted by molar-refractivity contribution is 4.93. The second-order valence-corrected chi connectivity index (χ2v) is 3.78. The van der Waals surface area contributed by atoms with Crippen LogP contribution in [0.5, 0.6) is 0 Å². The summed E-state index contributed by atoms with van der Waals surface area (Å²) in [4.78, 5) is 0. The normalized spacial score (nSPS) is 32.2. The molecule has 0 radical (unpaired) electrons. The molecular weight excluding hydrogens is 154 g/mol. The Balaban J connectivity index is 1.74. The van der Waals surface area contributed by atoms with Gasteiger partial charge in [-0.2, -0.15) is 0 Å². The molecule has 3 heteroatoms. The Labute approximate surface area is 73.4 Å². The maximum atomic E-state index is 5.65. The van der Waals surface area contributed by atoms with E-state index in [0.29, 0.717) is 6.04 Å². The van der Waals surface area contributed by atoms with Crippen LogP contribution in [-0.4, -0.2) is 31.6 Å². The number of ether oxygens (including phenoxy) is 2. The van der Waals surface area contributed by atoms with Crippen LogP contribution in [0.25, 0.3) is 0 Å². The molecule has 2 heterocycles. The van der Waals surface area contributed by atoms with Crippen molar-refractivity contribution in [3.63, 3.8) is 0 Å². The van der Waals surface area contributed by atoms with Crippen molar-refractivity contribution in [1.29, 1.82) is 0 Å². The van der Waals surface area contributed by atoms with E-state index in [-0.39, 0.29) is 5.72 Å². The first-order valence-electron chi connectivity index (χ1n) is 4.84. The number of nitrogens with one attached hydrogen (secondary N) is 1. The van der Waals surface area contributed by atoms with Gasteiger partial charge in [-0.15, -0.1) is 0 Å². The van der Waals surface area contributed by atoms with Crippen molar-refractivity contribution in [2.24, 2.45) is 0 Å². The van der Waals surface area contributed by atoms with Gasteiger partial charge in [0.05, 0.1) is 19.8 Å². The lowest BCUT2D eigenvalue weighted by molar-refractivity contribution is -0.195. The minimum absolute atomic E-state index is 0.0849. The third-order valence-electron chi connectivity index (χ3n) is 2.60. The van der Waals surface area contributed by atoms with Gasteiger partial charge >= 0.3 is 0 Å². The average molecular weight is 171 g/mol. The van der Waals surface area contributed by atoms with Gasteiger partial charge in [-0.1, -0.05) is 19.8 Å².